The van der Waals surface area contributed by atoms with Crippen LogP contribution in [-0.2, 0) is 16.0 Å². The van der Waals surface area contributed by atoms with E-state index >= 15 is 0 Å². The number of amides is 3. The Morgan fingerprint density at radius 3 is 2.24 bits per heavy atom. The zero-order valence-corrected chi connectivity index (χ0v) is 28.2. The lowest BCUT2D eigenvalue weighted by Crippen LogP contribution is -2.48. The van der Waals surface area contributed by atoms with Crippen LogP contribution >= 0.6 is 12.4 Å². The van der Waals surface area contributed by atoms with Gasteiger partial charge in [-0.3, -0.25) is 14.4 Å². The summed E-state index contributed by atoms with van der Waals surface area (Å²) in [5.74, 6) is 0.298. The van der Waals surface area contributed by atoms with Crippen molar-refractivity contribution in [3.8, 4) is 22.5 Å². The number of tetrazole rings is 1. The SMILES string of the molecule is Cl.NCC1CCC(C(=O)N[C@@H](Cc2ccc(-c3cccc(C(=O)NC4CCNCC4)c3)cc2)C(=O)Nc2ccc(-c3nn[nH]n3)cc2)CC1. The van der Waals surface area contributed by atoms with Gasteiger partial charge < -0.3 is 27.0 Å². The van der Waals surface area contributed by atoms with Gasteiger partial charge in [-0.25, -0.2) is 0 Å². The van der Waals surface area contributed by atoms with Gasteiger partial charge in [0.25, 0.3) is 5.91 Å². The number of carbonyl (C=O) groups is 3. The molecule has 2 aliphatic rings. The highest BCUT2D eigenvalue weighted by Gasteiger charge is 2.29. The number of anilines is 1. The smallest absolute Gasteiger partial charge is 0.251 e. The standard InChI is InChI=1S/C36H43N9O3.ClH/c37-22-24-6-10-27(11-7-24)34(46)41-32(36(48)40-30-14-12-26(13-15-30)33-42-44-45-43-33)20-23-4-8-25(9-5-23)28-2-1-3-29(21-28)35(47)39-31-16-18-38-19-17-31;/h1-5,8-9,12-15,21,24,27,31-32,38H,6-7,10-11,16-20,22,37H2,(H,39,47)(H,40,48)(H,41,46)(H,42,43,44,45);1H/t24?,27?,32-;/m0./s1. The van der Waals surface area contributed by atoms with Crippen molar-refractivity contribution in [1.82, 2.24) is 36.6 Å². The number of carbonyl (C=O) groups excluding carboxylic acids is 3. The fourth-order valence-electron chi connectivity index (χ4n) is 6.52. The second kappa shape index (κ2) is 17.1. The van der Waals surface area contributed by atoms with Crippen LogP contribution in [0.15, 0.2) is 72.8 Å². The van der Waals surface area contributed by atoms with Crippen LogP contribution in [0, 0.1) is 11.8 Å². The summed E-state index contributed by atoms with van der Waals surface area (Å²) in [6.45, 7) is 2.46. The summed E-state index contributed by atoms with van der Waals surface area (Å²) in [4.78, 5) is 40.0. The first kappa shape index (κ1) is 35.7. The monoisotopic (exact) mass is 685 g/mol. The van der Waals surface area contributed by atoms with E-state index in [0.717, 1.165) is 73.9 Å². The molecule has 3 amide bonds. The third-order valence-electron chi connectivity index (χ3n) is 9.47. The van der Waals surface area contributed by atoms with E-state index in [2.05, 4.69) is 41.9 Å². The molecule has 13 heteroatoms. The number of hydrogen-bond acceptors (Lipinski definition) is 8. The summed E-state index contributed by atoms with van der Waals surface area (Å²) in [7, 11) is 0. The Morgan fingerprint density at radius 2 is 1.57 bits per heavy atom. The molecule has 1 aromatic heterocycles. The first-order valence-electron chi connectivity index (χ1n) is 16.8. The Labute approximate surface area is 292 Å². The van der Waals surface area contributed by atoms with Crippen LogP contribution in [-0.4, -0.2) is 70.1 Å². The number of nitrogens with one attached hydrogen (secondary N) is 5. The number of aromatic nitrogens is 4. The van der Waals surface area contributed by atoms with E-state index in [9.17, 15) is 14.4 Å². The first-order chi connectivity index (χ1) is 23.4. The molecular formula is C36H44ClN9O3. The van der Waals surface area contributed by atoms with Gasteiger partial charge in [-0.05, 0) is 122 Å². The topological polar surface area (TPSA) is 180 Å². The van der Waals surface area contributed by atoms with Gasteiger partial charge >= 0.3 is 0 Å². The molecule has 4 aromatic rings. The highest BCUT2D eigenvalue weighted by atomic mass is 35.5. The second-order valence-corrected chi connectivity index (χ2v) is 12.8. The van der Waals surface area contributed by atoms with E-state index < -0.39 is 6.04 Å². The summed E-state index contributed by atoms with van der Waals surface area (Å²) in [6, 6.07) is 22.1. The van der Waals surface area contributed by atoms with E-state index in [0.29, 0.717) is 36.0 Å². The molecule has 6 rings (SSSR count). The van der Waals surface area contributed by atoms with Gasteiger partial charge in [0.2, 0.25) is 17.6 Å². The van der Waals surface area contributed by atoms with Gasteiger partial charge in [0.15, 0.2) is 0 Å². The number of H-pyrrole nitrogens is 1. The number of aromatic amines is 1. The van der Waals surface area contributed by atoms with Crippen LogP contribution in [0.2, 0.25) is 0 Å². The molecule has 258 valence electrons. The van der Waals surface area contributed by atoms with Gasteiger partial charge in [-0.1, -0.05) is 36.4 Å². The zero-order valence-electron chi connectivity index (χ0n) is 27.4. The van der Waals surface area contributed by atoms with Gasteiger partial charge in [-0.15, -0.1) is 22.6 Å². The van der Waals surface area contributed by atoms with E-state index in [-0.39, 0.29) is 42.1 Å². The number of nitrogens with two attached hydrogens (primary N) is 1. The minimum Gasteiger partial charge on any atom is -0.349 e. The summed E-state index contributed by atoms with van der Waals surface area (Å²) >= 11 is 0. The normalized spacial score (nSPS) is 18.5. The molecule has 7 N–H and O–H groups in total. The van der Waals surface area contributed by atoms with Gasteiger partial charge in [-0.2, -0.15) is 5.21 Å². The molecule has 0 spiro atoms. The minimum atomic E-state index is -0.783. The Balaban J connectivity index is 0.00000468. The van der Waals surface area contributed by atoms with Crippen molar-refractivity contribution in [2.24, 2.45) is 17.6 Å². The number of rotatable bonds is 11. The molecule has 49 heavy (non-hydrogen) atoms. The van der Waals surface area contributed by atoms with Crippen LogP contribution < -0.4 is 27.0 Å². The van der Waals surface area contributed by atoms with Gasteiger partial charge in [0.1, 0.15) is 6.04 Å². The lowest BCUT2D eigenvalue weighted by molar-refractivity contribution is -0.130. The Morgan fingerprint density at radius 1 is 0.857 bits per heavy atom. The van der Waals surface area contributed by atoms with Crippen LogP contribution in [0.4, 0.5) is 5.69 Å². The zero-order chi connectivity index (χ0) is 33.3. The Kier molecular flexibility index (Phi) is 12.5. The predicted octanol–water partition coefficient (Wildman–Crippen LogP) is 3.87. The summed E-state index contributed by atoms with van der Waals surface area (Å²) in [6.07, 6.45) is 5.54. The fraction of sp³-hybridized carbons (Fsp3) is 0.389. The second-order valence-electron chi connectivity index (χ2n) is 12.8. The van der Waals surface area contributed by atoms with Crippen molar-refractivity contribution in [1.29, 1.82) is 0 Å². The molecule has 1 saturated carbocycles. The van der Waals surface area contributed by atoms with Crippen molar-refractivity contribution in [3.05, 3.63) is 83.9 Å². The lowest BCUT2D eigenvalue weighted by Gasteiger charge is -2.28. The molecule has 2 fully saturated rings. The van der Waals surface area contributed by atoms with Gasteiger partial charge in [0.05, 0.1) is 0 Å². The predicted molar refractivity (Wildman–Crippen MR) is 191 cm³/mol. The maximum absolute atomic E-state index is 13.7. The first-order valence-corrected chi connectivity index (χ1v) is 16.8. The highest BCUT2D eigenvalue weighted by Crippen LogP contribution is 2.29. The lowest BCUT2D eigenvalue weighted by atomic mass is 9.81. The van der Waals surface area contributed by atoms with Crippen molar-refractivity contribution < 1.29 is 14.4 Å². The number of nitrogens with zero attached hydrogens (tertiary/aromatic N) is 3. The van der Waals surface area contributed by atoms with Crippen molar-refractivity contribution >= 4 is 35.8 Å². The average molecular weight is 686 g/mol. The fourth-order valence-corrected chi connectivity index (χ4v) is 6.52. The summed E-state index contributed by atoms with van der Waals surface area (Å²) in [5.41, 5.74) is 10.6. The number of hydrogen-bond donors (Lipinski definition) is 6. The van der Waals surface area contributed by atoms with Crippen molar-refractivity contribution in [2.45, 2.75) is 57.0 Å². The molecule has 12 nitrogen and oxygen atoms in total. The Bertz CT molecular complexity index is 1670. The molecule has 0 radical (unpaired) electrons. The number of halogens is 1. The molecular weight excluding hydrogens is 642 g/mol. The maximum atomic E-state index is 13.7. The number of piperidine rings is 1. The van der Waals surface area contributed by atoms with Crippen molar-refractivity contribution in [2.75, 3.05) is 25.0 Å². The van der Waals surface area contributed by atoms with Crippen LogP contribution in [0.1, 0.15) is 54.4 Å². The van der Waals surface area contributed by atoms with E-state index in [1.165, 1.54) is 0 Å². The van der Waals surface area contributed by atoms with E-state index in [1.807, 2.05) is 48.5 Å². The van der Waals surface area contributed by atoms with E-state index in [4.69, 9.17) is 5.73 Å². The third kappa shape index (κ3) is 9.50. The maximum Gasteiger partial charge on any atom is 0.251 e. The quantitative estimate of drug-likeness (QED) is 0.138. The van der Waals surface area contributed by atoms with Crippen LogP contribution in [0.5, 0.6) is 0 Å². The molecule has 2 heterocycles. The Hall–Kier alpha value is -4.65. The third-order valence-corrected chi connectivity index (χ3v) is 9.47. The highest BCUT2D eigenvalue weighted by molar-refractivity contribution is 5.98. The largest absolute Gasteiger partial charge is 0.349 e. The van der Waals surface area contributed by atoms with Crippen LogP contribution in [0.25, 0.3) is 22.5 Å². The summed E-state index contributed by atoms with van der Waals surface area (Å²) in [5, 5.41) is 26.5. The minimum absolute atomic E-state index is 0. The molecule has 1 atom stereocenters. The molecule has 1 aliphatic heterocycles. The average Bonchev–Trinajstić information content (AvgIpc) is 3.68. The van der Waals surface area contributed by atoms with E-state index in [1.54, 1.807) is 24.3 Å². The molecule has 3 aromatic carbocycles. The van der Waals surface area contributed by atoms with Gasteiger partial charge in [0, 0.05) is 35.2 Å². The summed E-state index contributed by atoms with van der Waals surface area (Å²) < 4.78 is 0. The van der Waals surface area contributed by atoms with Crippen LogP contribution in [0.3, 0.4) is 0 Å². The molecule has 1 aliphatic carbocycles. The number of benzene rings is 3. The molecule has 0 bridgehead atoms. The van der Waals surface area contributed by atoms with Crippen molar-refractivity contribution in [3.63, 3.8) is 0 Å². The molecule has 1 saturated heterocycles. The molecule has 0 unspecified atom stereocenters.